The number of halogens is 1. The van der Waals surface area contributed by atoms with Gasteiger partial charge in [0.2, 0.25) is 5.78 Å². The minimum absolute atomic E-state index is 0.112. The highest BCUT2D eigenvalue weighted by atomic mass is 35.5. The molecule has 0 unspecified atom stereocenters. The van der Waals surface area contributed by atoms with Crippen molar-refractivity contribution in [1.82, 2.24) is 4.40 Å². The van der Waals surface area contributed by atoms with E-state index in [9.17, 15) is 9.59 Å². The molecule has 0 aliphatic carbocycles. The van der Waals surface area contributed by atoms with Crippen molar-refractivity contribution in [2.75, 3.05) is 18.2 Å². The third kappa shape index (κ3) is 3.49. The van der Waals surface area contributed by atoms with Gasteiger partial charge in [0.1, 0.15) is 11.4 Å². The van der Waals surface area contributed by atoms with Gasteiger partial charge >= 0.3 is 0 Å². The number of fused-ring (bicyclic) bond motifs is 1. The van der Waals surface area contributed by atoms with Crippen LogP contribution in [-0.4, -0.2) is 23.2 Å². The van der Waals surface area contributed by atoms with Gasteiger partial charge in [0, 0.05) is 22.5 Å². The fourth-order valence-corrected chi connectivity index (χ4v) is 3.45. The predicted molar refractivity (Wildman–Crippen MR) is 118 cm³/mol. The van der Waals surface area contributed by atoms with Crippen LogP contribution in [0.1, 0.15) is 26.4 Å². The molecule has 7 heteroatoms. The third-order valence-electron chi connectivity index (χ3n) is 4.76. The van der Waals surface area contributed by atoms with Crippen LogP contribution in [0.3, 0.4) is 0 Å². The van der Waals surface area contributed by atoms with E-state index in [1.165, 1.54) is 7.11 Å². The molecular weight excluding hydrogens is 402 g/mol. The summed E-state index contributed by atoms with van der Waals surface area (Å²) in [5.74, 6) is -0.164. The summed E-state index contributed by atoms with van der Waals surface area (Å²) in [4.78, 5) is 26.3. The van der Waals surface area contributed by atoms with Crippen molar-refractivity contribution in [1.29, 1.82) is 0 Å². The van der Waals surface area contributed by atoms with E-state index >= 15 is 0 Å². The number of carbonyl (C=O) groups is 2. The Labute approximate surface area is 177 Å². The Bertz CT molecular complexity index is 1260. The molecule has 0 bridgehead atoms. The number of hydrogen-bond donors (Lipinski definition) is 2. The van der Waals surface area contributed by atoms with Crippen LogP contribution < -0.4 is 15.8 Å². The van der Waals surface area contributed by atoms with E-state index in [-0.39, 0.29) is 22.7 Å². The van der Waals surface area contributed by atoms with Crippen LogP contribution in [0.5, 0.6) is 5.75 Å². The van der Waals surface area contributed by atoms with Crippen molar-refractivity contribution in [3.63, 3.8) is 0 Å². The molecule has 4 rings (SSSR count). The Hall–Kier alpha value is -3.77. The van der Waals surface area contributed by atoms with E-state index in [4.69, 9.17) is 22.1 Å². The number of ether oxygens (including phenoxy) is 1. The number of anilines is 2. The number of amides is 1. The second-order valence-electron chi connectivity index (χ2n) is 6.62. The van der Waals surface area contributed by atoms with E-state index in [0.29, 0.717) is 27.5 Å². The molecule has 1 amide bonds. The minimum atomic E-state index is -0.414. The van der Waals surface area contributed by atoms with Crippen molar-refractivity contribution >= 4 is 40.2 Å². The minimum Gasteiger partial charge on any atom is -0.497 e. The average molecular weight is 420 g/mol. The summed E-state index contributed by atoms with van der Waals surface area (Å²) in [6.45, 7) is 0. The summed E-state index contributed by atoms with van der Waals surface area (Å²) in [5.41, 5.74) is 8.43. The van der Waals surface area contributed by atoms with Crippen LogP contribution in [0.2, 0.25) is 5.02 Å². The first-order chi connectivity index (χ1) is 14.5. The summed E-state index contributed by atoms with van der Waals surface area (Å²) in [6, 6.07) is 18.8. The number of benzene rings is 2. The monoisotopic (exact) mass is 419 g/mol. The molecule has 0 radical (unpaired) electrons. The van der Waals surface area contributed by atoms with Gasteiger partial charge < -0.3 is 20.2 Å². The van der Waals surface area contributed by atoms with Crippen LogP contribution >= 0.6 is 11.6 Å². The average Bonchev–Trinajstić information content (AvgIpc) is 3.06. The van der Waals surface area contributed by atoms with Gasteiger partial charge in [-0.15, -0.1) is 0 Å². The van der Waals surface area contributed by atoms with Crippen LogP contribution in [0, 0.1) is 0 Å². The molecule has 0 saturated carbocycles. The summed E-state index contributed by atoms with van der Waals surface area (Å²) in [6.07, 6.45) is 1.71. The number of ketones is 1. The normalized spacial score (nSPS) is 10.7. The highest BCUT2D eigenvalue weighted by Gasteiger charge is 2.26. The Morgan fingerprint density at radius 1 is 1.03 bits per heavy atom. The molecule has 30 heavy (non-hydrogen) atoms. The SMILES string of the molecule is COc1cccc(C(=O)c2c(N)c(C(=O)Nc3ccc(Cl)cc3)c3ccccn23)c1. The van der Waals surface area contributed by atoms with Gasteiger partial charge in [-0.1, -0.05) is 29.8 Å². The van der Waals surface area contributed by atoms with Crippen molar-refractivity contribution in [2.24, 2.45) is 0 Å². The van der Waals surface area contributed by atoms with Gasteiger partial charge in [0.05, 0.1) is 23.9 Å². The second kappa shape index (κ2) is 7.93. The molecule has 4 aromatic rings. The molecule has 6 nitrogen and oxygen atoms in total. The van der Waals surface area contributed by atoms with Gasteiger partial charge in [0.25, 0.3) is 5.91 Å². The Balaban J connectivity index is 1.80. The number of pyridine rings is 1. The van der Waals surface area contributed by atoms with E-state index in [2.05, 4.69) is 5.32 Å². The molecule has 2 aromatic carbocycles. The van der Waals surface area contributed by atoms with Crippen LogP contribution in [0.25, 0.3) is 5.52 Å². The van der Waals surface area contributed by atoms with Crippen LogP contribution in [-0.2, 0) is 0 Å². The van der Waals surface area contributed by atoms with Crippen molar-refractivity contribution in [3.8, 4) is 5.75 Å². The smallest absolute Gasteiger partial charge is 0.259 e. The molecule has 0 fully saturated rings. The van der Waals surface area contributed by atoms with Gasteiger partial charge in [-0.05, 0) is 48.5 Å². The lowest BCUT2D eigenvalue weighted by Gasteiger charge is -2.06. The summed E-state index contributed by atoms with van der Waals surface area (Å²) in [7, 11) is 1.53. The summed E-state index contributed by atoms with van der Waals surface area (Å²) >= 11 is 5.90. The Kier molecular flexibility index (Phi) is 5.16. The zero-order chi connectivity index (χ0) is 21.3. The number of nitrogens with one attached hydrogen (secondary N) is 1. The second-order valence-corrected chi connectivity index (χ2v) is 7.05. The van der Waals surface area contributed by atoms with Crippen LogP contribution in [0.4, 0.5) is 11.4 Å². The lowest BCUT2D eigenvalue weighted by molar-refractivity contribution is 0.102. The fraction of sp³-hybridized carbons (Fsp3) is 0.0435. The first-order valence-corrected chi connectivity index (χ1v) is 9.51. The summed E-state index contributed by atoms with van der Waals surface area (Å²) < 4.78 is 6.85. The lowest BCUT2D eigenvalue weighted by Crippen LogP contribution is -2.14. The standard InChI is InChI=1S/C23H18ClN3O3/c1-30-17-6-4-5-14(13-17)22(28)21-20(25)19(18-7-2-3-12-27(18)21)23(29)26-16-10-8-15(24)9-11-16/h2-13H,25H2,1H3,(H,26,29). The first kappa shape index (κ1) is 19.5. The molecule has 3 N–H and O–H groups in total. The fourth-order valence-electron chi connectivity index (χ4n) is 3.33. The lowest BCUT2D eigenvalue weighted by atomic mass is 10.1. The number of nitrogens with two attached hydrogens (primary N) is 1. The highest BCUT2D eigenvalue weighted by Crippen LogP contribution is 2.30. The number of aromatic nitrogens is 1. The van der Waals surface area contributed by atoms with Crippen molar-refractivity contribution < 1.29 is 14.3 Å². The number of hydrogen-bond acceptors (Lipinski definition) is 4. The van der Waals surface area contributed by atoms with Gasteiger partial charge in [0.15, 0.2) is 0 Å². The number of carbonyl (C=O) groups excluding carboxylic acids is 2. The molecule has 2 heterocycles. The van der Waals surface area contributed by atoms with Crippen LogP contribution in [0.15, 0.2) is 72.9 Å². The van der Waals surface area contributed by atoms with Gasteiger partial charge in [-0.2, -0.15) is 0 Å². The molecule has 0 atom stereocenters. The topological polar surface area (TPSA) is 85.8 Å². The Morgan fingerprint density at radius 3 is 2.53 bits per heavy atom. The number of rotatable bonds is 5. The maximum Gasteiger partial charge on any atom is 0.259 e. The quantitative estimate of drug-likeness (QED) is 0.460. The molecule has 0 aliphatic rings. The maximum atomic E-state index is 13.3. The molecule has 2 aromatic heterocycles. The zero-order valence-corrected chi connectivity index (χ0v) is 16.8. The van der Waals surface area contributed by atoms with E-state index in [1.54, 1.807) is 77.3 Å². The predicted octanol–water partition coefficient (Wildman–Crippen LogP) is 4.67. The zero-order valence-electron chi connectivity index (χ0n) is 16.1. The van der Waals surface area contributed by atoms with Crippen molar-refractivity contribution in [2.45, 2.75) is 0 Å². The summed E-state index contributed by atoms with van der Waals surface area (Å²) in [5, 5.41) is 3.37. The molecule has 0 spiro atoms. The largest absolute Gasteiger partial charge is 0.497 e. The number of nitrogens with zero attached hydrogens (tertiary/aromatic N) is 1. The maximum absolute atomic E-state index is 13.3. The molecule has 150 valence electrons. The van der Waals surface area contributed by atoms with Crippen molar-refractivity contribution in [3.05, 3.63) is 94.8 Å². The highest BCUT2D eigenvalue weighted by molar-refractivity contribution is 6.30. The molecular formula is C23H18ClN3O3. The molecule has 0 aliphatic heterocycles. The van der Waals surface area contributed by atoms with E-state index in [1.807, 2.05) is 0 Å². The molecule has 0 saturated heterocycles. The first-order valence-electron chi connectivity index (χ1n) is 9.14. The van der Waals surface area contributed by atoms with E-state index < -0.39 is 5.91 Å². The third-order valence-corrected chi connectivity index (χ3v) is 5.01. The van der Waals surface area contributed by atoms with Gasteiger partial charge in [-0.3, -0.25) is 9.59 Å². The number of methoxy groups -OCH3 is 1. The van der Waals surface area contributed by atoms with Gasteiger partial charge in [-0.25, -0.2) is 0 Å². The van der Waals surface area contributed by atoms with E-state index in [0.717, 1.165) is 0 Å². The number of nitrogen functional groups attached to an aromatic ring is 1. The Morgan fingerprint density at radius 2 is 1.80 bits per heavy atom.